The first-order valence-corrected chi connectivity index (χ1v) is 11.2. The van der Waals surface area contributed by atoms with Crippen molar-refractivity contribution in [3.05, 3.63) is 35.9 Å². The Kier molecular flexibility index (Phi) is 6.24. The monoisotopic (exact) mass is 483 g/mol. The third kappa shape index (κ3) is 4.50. The second kappa shape index (κ2) is 8.83. The third-order valence-electron chi connectivity index (χ3n) is 5.32. The number of anilines is 1. The number of aliphatic hydroxyl groups is 3. The van der Waals surface area contributed by atoms with E-state index in [1.807, 2.05) is 0 Å². The Morgan fingerprint density at radius 3 is 2.64 bits per heavy atom. The van der Waals surface area contributed by atoms with Crippen LogP contribution in [0.5, 0.6) is 11.5 Å². The molecule has 178 valence electrons. The van der Waals surface area contributed by atoms with Crippen molar-refractivity contribution in [3.63, 3.8) is 0 Å². The average molecular weight is 483 g/mol. The van der Waals surface area contributed by atoms with Gasteiger partial charge in [0.05, 0.1) is 12.9 Å². The molecule has 0 spiro atoms. The van der Waals surface area contributed by atoms with E-state index in [9.17, 15) is 25.0 Å². The molecule has 0 radical (unpaired) electrons. The lowest BCUT2D eigenvalue weighted by Gasteiger charge is -2.17. The van der Waals surface area contributed by atoms with Gasteiger partial charge in [-0.05, 0) is 19.1 Å². The van der Waals surface area contributed by atoms with Gasteiger partial charge in [0.15, 0.2) is 23.2 Å². The number of hydrogen-bond donors (Lipinski definition) is 7. The maximum Gasteiger partial charge on any atom is 0.524 e. The van der Waals surface area contributed by atoms with E-state index >= 15 is 0 Å². The average Bonchev–Trinajstić information content (AvgIpc) is 3.31. The maximum absolute atomic E-state index is 11.2. The van der Waals surface area contributed by atoms with E-state index < -0.39 is 39.0 Å². The zero-order chi connectivity index (χ0) is 23.9. The third-order valence-corrected chi connectivity index (χ3v) is 5.76. The number of rotatable bonds is 7. The van der Waals surface area contributed by atoms with Crippen LogP contribution in [0.2, 0.25) is 0 Å². The van der Waals surface area contributed by atoms with Crippen LogP contribution in [0.25, 0.3) is 11.2 Å². The highest BCUT2D eigenvalue weighted by molar-refractivity contribution is 7.46. The summed E-state index contributed by atoms with van der Waals surface area (Å²) in [5, 5.41) is 42.8. The van der Waals surface area contributed by atoms with Gasteiger partial charge in [0.1, 0.15) is 36.1 Å². The Morgan fingerprint density at radius 2 is 1.97 bits per heavy atom. The summed E-state index contributed by atoms with van der Waals surface area (Å²) >= 11 is 0. The number of aromatic nitrogens is 4. The van der Waals surface area contributed by atoms with Crippen LogP contribution in [-0.2, 0) is 15.8 Å². The van der Waals surface area contributed by atoms with Crippen LogP contribution >= 0.6 is 7.82 Å². The summed E-state index contributed by atoms with van der Waals surface area (Å²) in [6.07, 6.45) is -2.01. The van der Waals surface area contributed by atoms with Crippen molar-refractivity contribution >= 4 is 24.8 Å². The Balaban J connectivity index is 1.60. The molecule has 3 heterocycles. The van der Waals surface area contributed by atoms with Gasteiger partial charge in [-0.25, -0.2) is 19.5 Å². The molecule has 1 fully saturated rings. The number of ether oxygens (including phenoxy) is 1. The van der Waals surface area contributed by atoms with Gasteiger partial charge in [-0.3, -0.25) is 14.4 Å². The van der Waals surface area contributed by atoms with E-state index in [0.717, 1.165) is 0 Å². The number of phenols is 1. The van der Waals surface area contributed by atoms with Crippen molar-refractivity contribution in [1.82, 2.24) is 19.5 Å². The summed E-state index contributed by atoms with van der Waals surface area (Å²) in [6.45, 7) is 1.06. The van der Waals surface area contributed by atoms with Crippen LogP contribution in [0.15, 0.2) is 24.8 Å². The topological polar surface area (TPSA) is 213 Å². The number of phenolic OH excluding ortho intramolecular Hbond substituents is 1. The van der Waals surface area contributed by atoms with E-state index in [-0.39, 0.29) is 29.5 Å². The van der Waals surface area contributed by atoms with Gasteiger partial charge in [-0.15, -0.1) is 0 Å². The molecule has 1 aliphatic heterocycles. The lowest BCUT2D eigenvalue weighted by molar-refractivity contribution is -0.0511. The molecule has 3 aromatic rings. The number of nitrogens with one attached hydrogen (secondary N) is 1. The molecule has 0 aliphatic carbocycles. The van der Waals surface area contributed by atoms with Crippen LogP contribution in [0, 0.1) is 6.92 Å². The summed E-state index contributed by atoms with van der Waals surface area (Å²) in [5.41, 5.74) is 1.21. The quantitative estimate of drug-likeness (QED) is 0.212. The lowest BCUT2D eigenvalue weighted by Crippen LogP contribution is -2.33. The van der Waals surface area contributed by atoms with Crippen molar-refractivity contribution in [1.29, 1.82) is 0 Å². The number of aliphatic hydroxyl groups excluding tert-OH is 3. The Bertz CT molecular complexity index is 1220. The van der Waals surface area contributed by atoms with Crippen LogP contribution in [-0.4, -0.2) is 74.7 Å². The minimum absolute atomic E-state index is 0.00283. The second-order valence-corrected chi connectivity index (χ2v) is 8.56. The summed E-state index contributed by atoms with van der Waals surface area (Å²) < 4.78 is 22.8. The molecule has 1 aliphatic rings. The van der Waals surface area contributed by atoms with E-state index in [1.54, 1.807) is 0 Å². The molecule has 33 heavy (non-hydrogen) atoms. The molecule has 1 aromatic carbocycles. The van der Waals surface area contributed by atoms with Gasteiger partial charge in [-0.2, -0.15) is 0 Å². The van der Waals surface area contributed by atoms with Crippen molar-refractivity contribution in [2.75, 3.05) is 11.9 Å². The van der Waals surface area contributed by atoms with Gasteiger partial charge < -0.3 is 35.0 Å². The first kappa shape index (κ1) is 23.3. The minimum atomic E-state index is -4.78. The van der Waals surface area contributed by atoms with Crippen LogP contribution in [0.3, 0.4) is 0 Å². The molecule has 1 saturated heterocycles. The molecule has 15 heteroatoms. The molecule has 4 atom stereocenters. The molecule has 14 nitrogen and oxygen atoms in total. The van der Waals surface area contributed by atoms with E-state index in [4.69, 9.17) is 14.5 Å². The first-order valence-electron chi connectivity index (χ1n) is 9.71. The molecule has 0 saturated carbocycles. The van der Waals surface area contributed by atoms with Crippen molar-refractivity contribution < 1.29 is 44.0 Å². The standard InChI is InChI=1S/C18H22N5O9P/c1-8-9(10(25)2-3-11(8)32-33(28,29)30)4-19-16-13-17(21-6-20-16)23(7-22-13)18-15(27)14(26)12(5-24)31-18/h2-3,6-7,12,14-15,18,24-27H,4-5H2,1H3,(H,19,20,21)(H2,28,29,30)/t12-,14-,15-,18-/m1/s1. The van der Waals surface area contributed by atoms with Gasteiger partial charge in [0.2, 0.25) is 0 Å². The van der Waals surface area contributed by atoms with Gasteiger partial charge >= 0.3 is 7.82 Å². The van der Waals surface area contributed by atoms with Crippen molar-refractivity contribution in [2.45, 2.75) is 38.0 Å². The SMILES string of the molecule is Cc1c(OP(=O)(O)O)ccc(O)c1CNc1ncnc2c1ncn2[C@@H]1O[C@H](CO)[C@@H](O)[C@H]1O. The highest BCUT2D eigenvalue weighted by Gasteiger charge is 2.44. The highest BCUT2D eigenvalue weighted by atomic mass is 31.2. The fourth-order valence-electron chi connectivity index (χ4n) is 3.62. The molecule has 7 N–H and O–H groups in total. The fraction of sp³-hybridized carbons (Fsp3) is 0.389. The van der Waals surface area contributed by atoms with Gasteiger partial charge in [0.25, 0.3) is 0 Å². The zero-order valence-electron chi connectivity index (χ0n) is 17.2. The number of aromatic hydroxyl groups is 1. The van der Waals surface area contributed by atoms with Crippen LogP contribution in [0.1, 0.15) is 17.4 Å². The predicted octanol–water partition coefficient (Wildman–Crippen LogP) is -0.465. The minimum Gasteiger partial charge on any atom is -0.508 e. The van der Waals surface area contributed by atoms with E-state index in [1.165, 1.54) is 36.3 Å². The smallest absolute Gasteiger partial charge is 0.508 e. The number of phosphoric acid groups is 1. The normalized spacial score (nSPS) is 23.2. The summed E-state index contributed by atoms with van der Waals surface area (Å²) in [7, 11) is -4.78. The number of fused-ring (bicyclic) bond motifs is 1. The molecule has 0 unspecified atom stereocenters. The molecular formula is C18H22N5O9P. The number of nitrogens with zero attached hydrogens (tertiary/aromatic N) is 4. The Hall–Kier alpha value is -2.84. The molecular weight excluding hydrogens is 461 g/mol. The number of phosphoric ester groups is 1. The Labute approximate surface area is 186 Å². The highest BCUT2D eigenvalue weighted by Crippen LogP contribution is 2.41. The van der Waals surface area contributed by atoms with E-state index in [0.29, 0.717) is 16.6 Å². The van der Waals surface area contributed by atoms with Gasteiger partial charge in [-0.1, -0.05) is 0 Å². The molecule has 0 amide bonds. The number of benzene rings is 1. The van der Waals surface area contributed by atoms with E-state index in [2.05, 4.69) is 24.8 Å². The molecule has 0 bridgehead atoms. The molecule has 4 rings (SSSR count). The number of hydrogen-bond acceptors (Lipinski definition) is 11. The predicted molar refractivity (Wildman–Crippen MR) is 111 cm³/mol. The Morgan fingerprint density at radius 1 is 1.21 bits per heavy atom. The van der Waals surface area contributed by atoms with Crippen molar-refractivity contribution in [3.8, 4) is 11.5 Å². The van der Waals surface area contributed by atoms with Gasteiger partial charge in [0, 0.05) is 17.7 Å². The summed E-state index contributed by atoms with van der Waals surface area (Å²) in [4.78, 5) is 30.7. The van der Waals surface area contributed by atoms with Crippen molar-refractivity contribution in [2.24, 2.45) is 0 Å². The molecule has 2 aromatic heterocycles. The first-order chi connectivity index (χ1) is 15.6. The largest absolute Gasteiger partial charge is 0.524 e. The second-order valence-electron chi connectivity index (χ2n) is 7.40. The number of imidazole rings is 1. The van der Waals surface area contributed by atoms with Crippen LogP contribution < -0.4 is 9.84 Å². The summed E-state index contributed by atoms with van der Waals surface area (Å²) in [6, 6.07) is 2.50. The van der Waals surface area contributed by atoms with Crippen LogP contribution in [0.4, 0.5) is 5.82 Å². The lowest BCUT2D eigenvalue weighted by atomic mass is 10.1. The fourth-order valence-corrected chi connectivity index (χ4v) is 4.07. The summed E-state index contributed by atoms with van der Waals surface area (Å²) in [5.74, 6) is 0.0606. The zero-order valence-corrected chi connectivity index (χ0v) is 18.1. The maximum atomic E-state index is 11.2.